The van der Waals surface area contributed by atoms with E-state index in [1.54, 1.807) is 21.7 Å². The highest BCUT2D eigenvalue weighted by atomic mass is 32.2. The van der Waals surface area contributed by atoms with Crippen LogP contribution in [0, 0.1) is 0 Å². The van der Waals surface area contributed by atoms with Crippen molar-refractivity contribution in [3.63, 3.8) is 0 Å². The fourth-order valence-corrected chi connectivity index (χ4v) is 5.28. The van der Waals surface area contributed by atoms with Gasteiger partial charge < -0.3 is 9.80 Å². The predicted molar refractivity (Wildman–Crippen MR) is 124 cm³/mol. The molecule has 1 aliphatic rings. The summed E-state index contributed by atoms with van der Waals surface area (Å²) in [5, 5.41) is 12.0. The molecule has 1 fully saturated rings. The zero-order chi connectivity index (χ0) is 23.4. The van der Waals surface area contributed by atoms with Crippen molar-refractivity contribution in [2.75, 3.05) is 44.2 Å². The number of amides is 1. The van der Waals surface area contributed by atoms with Gasteiger partial charge in [-0.25, -0.2) is 8.42 Å². The molecule has 2 heterocycles. The molecule has 0 saturated carbocycles. The highest BCUT2D eigenvalue weighted by Gasteiger charge is 2.30. The summed E-state index contributed by atoms with van der Waals surface area (Å²) in [5.41, 5.74) is 1.32. The van der Waals surface area contributed by atoms with E-state index < -0.39 is 10.0 Å². The normalized spacial score (nSPS) is 14.9. The molecule has 1 aliphatic heterocycles. The molecule has 1 saturated heterocycles. The first-order chi connectivity index (χ1) is 16.0. The van der Waals surface area contributed by atoms with E-state index in [2.05, 4.69) is 15.5 Å². The molecule has 33 heavy (non-hydrogen) atoms. The Morgan fingerprint density at radius 1 is 0.939 bits per heavy atom. The van der Waals surface area contributed by atoms with Crippen LogP contribution in [-0.4, -0.2) is 83.0 Å². The fourth-order valence-electron chi connectivity index (χ4n) is 3.86. The molecule has 3 aromatic rings. The first-order valence-corrected chi connectivity index (χ1v) is 12.4. The molecule has 0 atom stereocenters. The first-order valence-electron chi connectivity index (χ1n) is 10.9. The molecular weight excluding hydrogens is 442 g/mol. The van der Waals surface area contributed by atoms with E-state index in [0.717, 1.165) is 5.69 Å². The maximum absolute atomic E-state index is 13.2. The van der Waals surface area contributed by atoms with E-state index in [1.165, 1.54) is 16.4 Å². The van der Waals surface area contributed by atoms with Crippen LogP contribution in [0.15, 0.2) is 59.5 Å². The second kappa shape index (κ2) is 9.67. The van der Waals surface area contributed by atoms with Gasteiger partial charge in [-0.1, -0.05) is 23.3 Å². The number of aromatic nitrogens is 4. The Morgan fingerprint density at radius 2 is 1.58 bits per heavy atom. The van der Waals surface area contributed by atoms with Gasteiger partial charge in [0.25, 0.3) is 5.91 Å². The number of carbonyl (C=O) groups excluding carboxylic acids is 1. The molecule has 2 aromatic carbocycles. The lowest BCUT2D eigenvalue weighted by molar-refractivity contribution is 0.0773. The summed E-state index contributed by atoms with van der Waals surface area (Å²) in [4.78, 5) is 16.3. The molecule has 1 amide bonds. The highest BCUT2D eigenvalue weighted by Crippen LogP contribution is 2.22. The number of nitrogens with zero attached hydrogens (tertiary/aromatic N) is 7. The summed E-state index contributed by atoms with van der Waals surface area (Å²) in [5.74, 6) is 0.478. The predicted octanol–water partition coefficient (Wildman–Crippen LogP) is 1.66. The van der Waals surface area contributed by atoms with Crippen molar-refractivity contribution in [1.29, 1.82) is 0 Å². The van der Waals surface area contributed by atoms with Crippen LogP contribution in [-0.2, 0) is 10.0 Å². The lowest BCUT2D eigenvalue weighted by Crippen LogP contribution is -2.49. The summed E-state index contributed by atoms with van der Waals surface area (Å²) in [6.45, 7) is 6.58. The molecule has 0 aliphatic carbocycles. The number of rotatable bonds is 7. The SMILES string of the molecule is CCN(CC)C(=O)c1ccc(S(=O)(=O)N2CCN(c3nnnn3-c3ccccc3)CC2)cc1. The lowest BCUT2D eigenvalue weighted by Gasteiger charge is -2.34. The van der Waals surface area contributed by atoms with Gasteiger partial charge in [-0.15, -0.1) is 0 Å². The van der Waals surface area contributed by atoms with Crippen molar-refractivity contribution in [2.24, 2.45) is 0 Å². The average molecular weight is 470 g/mol. The van der Waals surface area contributed by atoms with Gasteiger partial charge in [-0.2, -0.15) is 8.99 Å². The number of para-hydroxylation sites is 1. The quantitative estimate of drug-likeness (QED) is 0.518. The minimum atomic E-state index is -3.67. The van der Waals surface area contributed by atoms with Crippen molar-refractivity contribution in [3.8, 4) is 5.69 Å². The number of hydrogen-bond donors (Lipinski definition) is 0. The molecule has 0 unspecified atom stereocenters. The standard InChI is InChI=1S/C22H27N7O3S/c1-3-26(4-2)21(30)18-10-12-20(13-11-18)33(31,32)28-16-14-27(15-17-28)22-23-24-25-29(22)19-8-6-5-7-9-19/h5-13H,3-4,14-17H2,1-2H3. The van der Waals surface area contributed by atoms with Gasteiger partial charge in [0.1, 0.15) is 0 Å². The van der Waals surface area contributed by atoms with Crippen LogP contribution in [0.2, 0.25) is 0 Å². The monoisotopic (exact) mass is 469 g/mol. The largest absolute Gasteiger partial charge is 0.339 e. The molecule has 1 aromatic heterocycles. The zero-order valence-corrected chi connectivity index (χ0v) is 19.5. The molecule has 4 rings (SSSR count). The molecule has 0 spiro atoms. The molecule has 11 heteroatoms. The number of carbonyl (C=O) groups is 1. The summed E-state index contributed by atoms with van der Waals surface area (Å²) >= 11 is 0. The Balaban J connectivity index is 1.45. The van der Waals surface area contributed by atoms with Gasteiger partial charge in [0.05, 0.1) is 10.6 Å². The second-order valence-electron chi connectivity index (χ2n) is 7.62. The lowest BCUT2D eigenvalue weighted by atomic mass is 10.2. The van der Waals surface area contributed by atoms with Gasteiger partial charge in [-0.05, 0) is 60.7 Å². The third-order valence-electron chi connectivity index (χ3n) is 5.76. The molecule has 10 nitrogen and oxygen atoms in total. The van der Waals surface area contributed by atoms with Crippen molar-refractivity contribution in [2.45, 2.75) is 18.7 Å². The number of anilines is 1. The maximum Gasteiger partial charge on any atom is 0.253 e. The maximum atomic E-state index is 13.2. The summed E-state index contributed by atoms with van der Waals surface area (Å²) in [6.07, 6.45) is 0. The van der Waals surface area contributed by atoms with E-state index in [1.807, 2.05) is 49.1 Å². The van der Waals surface area contributed by atoms with Crippen LogP contribution in [0.4, 0.5) is 5.95 Å². The third-order valence-corrected chi connectivity index (χ3v) is 7.68. The minimum absolute atomic E-state index is 0.103. The second-order valence-corrected chi connectivity index (χ2v) is 9.56. The van der Waals surface area contributed by atoms with Crippen molar-refractivity contribution in [3.05, 3.63) is 60.2 Å². The van der Waals surface area contributed by atoms with E-state index in [-0.39, 0.29) is 10.8 Å². The fraction of sp³-hybridized carbons (Fsp3) is 0.364. The van der Waals surface area contributed by atoms with Crippen LogP contribution in [0.1, 0.15) is 24.2 Å². The summed E-state index contributed by atoms with van der Waals surface area (Å²) < 4.78 is 29.4. The van der Waals surface area contributed by atoms with Crippen LogP contribution in [0.5, 0.6) is 0 Å². The third kappa shape index (κ3) is 4.60. The van der Waals surface area contributed by atoms with Crippen LogP contribution < -0.4 is 4.90 Å². The van der Waals surface area contributed by atoms with Crippen LogP contribution in [0.3, 0.4) is 0 Å². The molecule has 174 valence electrons. The molecule has 0 bridgehead atoms. The highest BCUT2D eigenvalue weighted by molar-refractivity contribution is 7.89. The number of piperazine rings is 1. The van der Waals surface area contributed by atoms with Gasteiger partial charge in [-0.3, -0.25) is 4.79 Å². The molecule has 0 radical (unpaired) electrons. The first kappa shape index (κ1) is 22.9. The molecule has 0 N–H and O–H groups in total. The topological polar surface area (TPSA) is 105 Å². The Morgan fingerprint density at radius 3 is 2.18 bits per heavy atom. The smallest absolute Gasteiger partial charge is 0.253 e. The Kier molecular flexibility index (Phi) is 6.70. The average Bonchev–Trinajstić information content (AvgIpc) is 3.35. The summed E-state index contributed by atoms with van der Waals surface area (Å²) in [7, 11) is -3.67. The Labute approximate surface area is 193 Å². The van der Waals surface area contributed by atoms with E-state index in [4.69, 9.17) is 0 Å². The van der Waals surface area contributed by atoms with Gasteiger partial charge in [0, 0.05) is 44.8 Å². The van der Waals surface area contributed by atoms with Gasteiger partial charge >= 0.3 is 0 Å². The van der Waals surface area contributed by atoms with Gasteiger partial charge in [0.2, 0.25) is 16.0 Å². The van der Waals surface area contributed by atoms with E-state index in [9.17, 15) is 13.2 Å². The number of benzene rings is 2. The Hall–Kier alpha value is -3.31. The zero-order valence-electron chi connectivity index (χ0n) is 18.7. The van der Waals surface area contributed by atoms with Crippen molar-refractivity contribution >= 4 is 21.9 Å². The Bertz CT molecular complexity index is 1180. The molecular formula is C22H27N7O3S. The number of tetrazole rings is 1. The van der Waals surface area contributed by atoms with E-state index in [0.29, 0.717) is 50.8 Å². The summed E-state index contributed by atoms with van der Waals surface area (Å²) in [6, 6.07) is 15.7. The van der Waals surface area contributed by atoms with Crippen LogP contribution in [0.25, 0.3) is 5.69 Å². The van der Waals surface area contributed by atoms with Crippen molar-refractivity contribution in [1.82, 2.24) is 29.4 Å². The number of hydrogen-bond acceptors (Lipinski definition) is 7. The van der Waals surface area contributed by atoms with Crippen molar-refractivity contribution < 1.29 is 13.2 Å². The van der Waals surface area contributed by atoms with Crippen LogP contribution >= 0.6 is 0 Å². The van der Waals surface area contributed by atoms with E-state index >= 15 is 0 Å². The minimum Gasteiger partial charge on any atom is -0.339 e. The van der Waals surface area contributed by atoms with Gasteiger partial charge in [0.15, 0.2) is 0 Å². The number of sulfonamides is 1.